The van der Waals surface area contributed by atoms with E-state index in [1.54, 1.807) is 0 Å². The molecule has 3 unspecified atom stereocenters. The molecule has 0 bridgehead atoms. The summed E-state index contributed by atoms with van der Waals surface area (Å²) in [5.74, 6) is 0. The maximum atomic E-state index is 12.6. The fraction of sp³-hybridized carbons (Fsp3) is 1.00. The van der Waals surface area contributed by atoms with Crippen LogP contribution in [0.5, 0.6) is 0 Å². The molecule has 1 fully saturated rings. The molecule has 102 valence electrons. The van der Waals surface area contributed by atoms with E-state index < -0.39 is 10.8 Å². The highest BCUT2D eigenvalue weighted by Crippen LogP contribution is 2.41. The van der Waals surface area contributed by atoms with Crippen molar-refractivity contribution in [1.29, 1.82) is 0 Å². The number of nitrogens with one attached hydrogen (secondary N) is 1. The van der Waals surface area contributed by atoms with Crippen molar-refractivity contribution in [3.05, 3.63) is 0 Å². The van der Waals surface area contributed by atoms with Crippen molar-refractivity contribution < 1.29 is 4.21 Å². The van der Waals surface area contributed by atoms with Gasteiger partial charge in [-0.2, -0.15) is 0 Å². The van der Waals surface area contributed by atoms with Gasteiger partial charge in [-0.1, -0.05) is 20.8 Å². The molecule has 2 nitrogen and oxygen atoms in total. The lowest BCUT2D eigenvalue weighted by Crippen LogP contribution is -2.49. The fourth-order valence-corrected chi connectivity index (χ4v) is 4.68. The van der Waals surface area contributed by atoms with Crippen molar-refractivity contribution in [2.45, 2.75) is 76.8 Å². The Morgan fingerprint density at radius 2 is 1.94 bits per heavy atom. The Bertz CT molecular complexity index is 280. The maximum absolute atomic E-state index is 12.6. The molecule has 0 aromatic heterocycles. The van der Waals surface area contributed by atoms with Crippen LogP contribution in [-0.2, 0) is 10.8 Å². The smallest absolute Gasteiger partial charge is 0.0511 e. The summed E-state index contributed by atoms with van der Waals surface area (Å²) >= 11 is 0. The molecule has 1 saturated carbocycles. The van der Waals surface area contributed by atoms with E-state index in [1.165, 1.54) is 6.42 Å². The molecule has 1 aliphatic rings. The van der Waals surface area contributed by atoms with Crippen LogP contribution in [0.2, 0.25) is 0 Å². The quantitative estimate of drug-likeness (QED) is 0.840. The van der Waals surface area contributed by atoms with Crippen molar-refractivity contribution in [1.82, 2.24) is 5.32 Å². The van der Waals surface area contributed by atoms with Crippen LogP contribution in [0.4, 0.5) is 0 Å². The van der Waals surface area contributed by atoms with E-state index in [2.05, 4.69) is 46.9 Å². The van der Waals surface area contributed by atoms with Gasteiger partial charge in [-0.3, -0.25) is 4.21 Å². The highest BCUT2D eigenvalue weighted by atomic mass is 32.2. The average Bonchev–Trinajstić information content (AvgIpc) is 2.48. The average molecular weight is 259 g/mol. The number of hydrogen-bond acceptors (Lipinski definition) is 2. The van der Waals surface area contributed by atoms with Crippen LogP contribution in [0.1, 0.15) is 60.8 Å². The second-order valence-electron chi connectivity index (χ2n) is 6.91. The first-order chi connectivity index (χ1) is 7.70. The maximum Gasteiger partial charge on any atom is 0.0511 e. The Balaban J connectivity index is 2.81. The minimum Gasteiger partial charge on any atom is -0.312 e. The Morgan fingerprint density at radius 1 is 1.35 bits per heavy atom. The third-order valence-corrected chi connectivity index (χ3v) is 6.04. The zero-order chi connectivity index (χ0) is 13.3. The van der Waals surface area contributed by atoms with E-state index in [0.717, 1.165) is 19.4 Å². The van der Waals surface area contributed by atoms with Crippen LogP contribution in [0, 0.1) is 5.41 Å². The fourth-order valence-electron chi connectivity index (χ4n) is 2.73. The van der Waals surface area contributed by atoms with Gasteiger partial charge in [0.1, 0.15) is 0 Å². The predicted molar refractivity (Wildman–Crippen MR) is 76.8 cm³/mol. The van der Waals surface area contributed by atoms with Crippen LogP contribution < -0.4 is 5.32 Å². The monoisotopic (exact) mass is 259 g/mol. The van der Waals surface area contributed by atoms with Crippen LogP contribution in [0.3, 0.4) is 0 Å². The summed E-state index contributed by atoms with van der Waals surface area (Å²) in [7, 11) is -0.755. The van der Waals surface area contributed by atoms with Gasteiger partial charge < -0.3 is 5.32 Å². The largest absolute Gasteiger partial charge is 0.312 e. The summed E-state index contributed by atoms with van der Waals surface area (Å²) in [5.41, 5.74) is 0.279. The van der Waals surface area contributed by atoms with Crippen LogP contribution >= 0.6 is 0 Å². The van der Waals surface area contributed by atoms with Gasteiger partial charge in [-0.25, -0.2) is 0 Å². The first-order valence-electron chi connectivity index (χ1n) is 6.84. The Kier molecular flexibility index (Phi) is 4.81. The summed E-state index contributed by atoms with van der Waals surface area (Å²) in [6.45, 7) is 14.1. The summed E-state index contributed by atoms with van der Waals surface area (Å²) in [5, 5.41) is 3.95. The molecule has 3 atom stereocenters. The first kappa shape index (κ1) is 15.2. The second-order valence-corrected chi connectivity index (χ2v) is 9.33. The molecule has 0 aromatic carbocycles. The molecule has 0 radical (unpaired) electrons. The van der Waals surface area contributed by atoms with E-state index in [9.17, 15) is 4.21 Å². The van der Waals surface area contributed by atoms with Crippen LogP contribution in [-0.4, -0.2) is 26.8 Å². The second kappa shape index (κ2) is 5.40. The zero-order valence-corrected chi connectivity index (χ0v) is 13.1. The van der Waals surface area contributed by atoms with Gasteiger partial charge in [0.2, 0.25) is 0 Å². The topological polar surface area (TPSA) is 29.1 Å². The lowest BCUT2D eigenvalue weighted by Gasteiger charge is -2.34. The van der Waals surface area contributed by atoms with Gasteiger partial charge in [-0.15, -0.1) is 0 Å². The molecule has 3 heteroatoms. The van der Waals surface area contributed by atoms with Gasteiger partial charge >= 0.3 is 0 Å². The highest BCUT2D eigenvalue weighted by molar-refractivity contribution is 7.87. The standard InChI is InChI=1S/C14H29NOS/c1-7-10-15-12-11(8-9-14(12,5)6)17(16)13(2,3)4/h11-12,15H,7-10H2,1-6H3. The molecule has 0 spiro atoms. The molecule has 1 rings (SSSR count). The van der Waals surface area contributed by atoms with Gasteiger partial charge in [0.25, 0.3) is 0 Å². The van der Waals surface area contributed by atoms with Gasteiger partial charge in [0.15, 0.2) is 0 Å². The predicted octanol–water partition coefficient (Wildman–Crippen LogP) is 3.09. The van der Waals surface area contributed by atoms with Crippen LogP contribution in [0.25, 0.3) is 0 Å². The van der Waals surface area contributed by atoms with E-state index in [-0.39, 0.29) is 10.2 Å². The van der Waals surface area contributed by atoms with Gasteiger partial charge in [-0.05, 0) is 52.0 Å². The number of hydrogen-bond donors (Lipinski definition) is 1. The minimum absolute atomic E-state index is 0.1000. The number of rotatable bonds is 4. The molecular formula is C14H29NOS. The summed E-state index contributed by atoms with van der Waals surface area (Å²) in [6.07, 6.45) is 3.42. The van der Waals surface area contributed by atoms with Crippen molar-refractivity contribution in [3.8, 4) is 0 Å². The van der Waals surface area contributed by atoms with Gasteiger partial charge in [0, 0.05) is 21.6 Å². The molecule has 0 aliphatic heterocycles. The van der Waals surface area contributed by atoms with Crippen LogP contribution in [0.15, 0.2) is 0 Å². The van der Waals surface area contributed by atoms with Crippen molar-refractivity contribution >= 4 is 10.8 Å². The van der Waals surface area contributed by atoms with Crippen molar-refractivity contribution in [3.63, 3.8) is 0 Å². The van der Waals surface area contributed by atoms with E-state index >= 15 is 0 Å². The summed E-state index contributed by atoms with van der Waals surface area (Å²) < 4.78 is 12.5. The normalized spacial score (nSPS) is 30.5. The van der Waals surface area contributed by atoms with Crippen molar-refractivity contribution in [2.24, 2.45) is 5.41 Å². The highest BCUT2D eigenvalue weighted by Gasteiger charge is 2.46. The van der Waals surface area contributed by atoms with E-state index in [0.29, 0.717) is 11.3 Å². The molecule has 1 aliphatic carbocycles. The molecule has 0 saturated heterocycles. The summed E-state index contributed by atoms with van der Waals surface area (Å²) in [4.78, 5) is 0. The van der Waals surface area contributed by atoms with Gasteiger partial charge in [0.05, 0.1) is 5.25 Å². The molecule has 0 heterocycles. The molecular weight excluding hydrogens is 230 g/mol. The molecule has 0 aromatic rings. The zero-order valence-electron chi connectivity index (χ0n) is 12.3. The Hall–Kier alpha value is 0.110. The molecule has 1 N–H and O–H groups in total. The third-order valence-electron chi connectivity index (χ3n) is 3.78. The van der Waals surface area contributed by atoms with E-state index in [4.69, 9.17) is 0 Å². The van der Waals surface area contributed by atoms with E-state index in [1.807, 2.05) is 0 Å². The summed E-state index contributed by atoms with van der Waals surface area (Å²) in [6, 6.07) is 0.405. The molecule has 0 amide bonds. The third kappa shape index (κ3) is 3.54. The lowest BCUT2D eigenvalue weighted by atomic mass is 9.87. The minimum atomic E-state index is -0.755. The lowest BCUT2D eigenvalue weighted by molar-refractivity contribution is 0.286. The first-order valence-corrected chi connectivity index (χ1v) is 8.05. The van der Waals surface area contributed by atoms with Crippen molar-refractivity contribution in [2.75, 3.05) is 6.54 Å². The SMILES string of the molecule is CCCNC1C(S(=O)C(C)(C)C)CCC1(C)C. The molecule has 17 heavy (non-hydrogen) atoms. The Labute approximate surface area is 109 Å². The Morgan fingerprint density at radius 3 is 2.41 bits per heavy atom.